The van der Waals surface area contributed by atoms with Crippen LogP contribution in [0.25, 0.3) is 11.1 Å². The van der Waals surface area contributed by atoms with E-state index in [2.05, 4.69) is 9.88 Å². The lowest BCUT2D eigenvalue weighted by atomic mass is 9.98. The number of rotatable bonds is 4. The summed E-state index contributed by atoms with van der Waals surface area (Å²) in [4.78, 5) is 20.5. The third-order valence-electron chi connectivity index (χ3n) is 6.17. The van der Waals surface area contributed by atoms with Gasteiger partial charge in [-0.1, -0.05) is 12.1 Å². The summed E-state index contributed by atoms with van der Waals surface area (Å²) in [6.07, 6.45) is 6.46. The second kappa shape index (κ2) is 8.45. The maximum Gasteiger partial charge on any atom is 0.270 e. The van der Waals surface area contributed by atoms with Gasteiger partial charge in [-0.2, -0.15) is 0 Å². The molecular weight excluding hydrogens is 357 g/mol. The van der Waals surface area contributed by atoms with Gasteiger partial charge in [0.2, 0.25) is 0 Å². The molecule has 2 fully saturated rings. The molecule has 5 nitrogen and oxygen atoms in total. The Morgan fingerprint density at radius 1 is 1.04 bits per heavy atom. The fourth-order valence-electron chi connectivity index (χ4n) is 4.41. The molecule has 2 aromatic rings. The number of carbonyl (C=O) groups excluding carboxylic acids is 1. The normalized spacial score (nSPS) is 19.9. The van der Waals surface area contributed by atoms with E-state index in [4.69, 9.17) is 4.74 Å². The lowest BCUT2D eigenvalue weighted by molar-refractivity contribution is 0.0145. The zero-order valence-corrected chi connectivity index (χ0v) is 16.4. The molecule has 0 unspecified atom stereocenters. The molecule has 2 aliphatic heterocycles. The molecule has 1 amide bonds. The number of aromatic amines is 1. The molecule has 3 heterocycles. The molecule has 4 rings (SSSR count). The first-order valence-electron chi connectivity index (χ1n) is 10.1. The highest BCUT2D eigenvalue weighted by Gasteiger charge is 2.30. The molecule has 2 aliphatic rings. The van der Waals surface area contributed by atoms with Crippen molar-refractivity contribution in [3.63, 3.8) is 0 Å². The summed E-state index contributed by atoms with van der Waals surface area (Å²) in [5.41, 5.74) is 2.40. The number of H-pyrrole nitrogens is 1. The molecule has 0 aliphatic carbocycles. The predicted octanol–water partition coefficient (Wildman–Crippen LogP) is 3.54. The van der Waals surface area contributed by atoms with Crippen molar-refractivity contribution >= 4 is 5.91 Å². The first-order chi connectivity index (χ1) is 13.6. The number of nitrogens with zero attached hydrogens (tertiary/aromatic N) is 2. The number of hydrogen-bond acceptors (Lipinski definition) is 3. The number of amides is 1. The van der Waals surface area contributed by atoms with Crippen molar-refractivity contribution in [2.75, 3.05) is 33.3 Å². The van der Waals surface area contributed by atoms with Crippen molar-refractivity contribution in [2.24, 2.45) is 0 Å². The van der Waals surface area contributed by atoms with Crippen LogP contribution in [-0.4, -0.2) is 66.1 Å². The predicted molar refractivity (Wildman–Crippen MR) is 107 cm³/mol. The van der Waals surface area contributed by atoms with E-state index in [0.717, 1.165) is 63.0 Å². The summed E-state index contributed by atoms with van der Waals surface area (Å²) in [7, 11) is 1.80. The molecule has 0 saturated carbocycles. The van der Waals surface area contributed by atoms with E-state index < -0.39 is 0 Å². The van der Waals surface area contributed by atoms with Crippen LogP contribution in [0.4, 0.5) is 4.39 Å². The third-order valence-corrected chi connectivity index (χ3v) is 6.17. The summed E-state index contributed by atoms with van der Waals surface area (Å²) in [6.45, 7) is 3.76. The molecule has 6 heteroatoms. The Morgan fingerprint density at radius 2 is 1.71 bits per heavy atom. The van der Waals surface area contributed by atoms with Gasteiger partial charge in [-0.15, -0.1) is 0 Å². The van der Waals surface area contributed by atoms with E-state index in [1.165, 1.54) is 12.1 Å². The third kappa shape index (κ3) is 4.13. The fraction of sp³-hybridized carbons (Fsp3) is 0.500. The summed E-state index contributed by atoms with van der Waals surface area (Å²) in [5, 5.41) is 0. The van der Waals surface area contributed by atoms with Gasteiger partial charge in [-0.3, -0.25) is 4.79 Å². The number of benzene rings is 1. The average molecular weight is 385 g/mol. The highest BCUT2D eigenvalue weighted by Crippen LogP contribution is 2.25. The molecule has 28 heavy (non-hydrogen) atoms. The van der Waals surface area contributed by atoms with Gasteiger partial charge in [0, 0.05) is 45.5 Å². The lowest BCUT2D eigenvalue weighted by Crippen LogP contribution is -2.49. The van der Waals surface area contributed by atoms with Crippen molar-refractivity contribution in [3.05, 3.63) is 48.0 Å². The molecule has 0 bridgehead atoms. The quantitative estimate of drug-likeness (QED) is 0.876. The van der Waals surface area contributed by atoms with Gasteiger partial charge in [0.15, 0.2) is 0 Å². The number of methoxy groups -OCH3 is 1. The zero-order chi connectivity index (χ0) is 19.5. The Bertz CT molecular complexity index is 788. The van der Waals surface area contributed by atoms with E-state index in [0.29, 0.717) is 17.8 Å². The van der Waals surface area contributed by atoms with Crippen LogP contribution in [0.1, 0.15) is 36.2 Å². The Morgan fingerprint density at radius 3 is 2.36 bits per heavy atom. The van der Waals surface area contributed by atoms with Crippen LogP contribution in [0.2, 0.25) is 0 Å². The zero-order valence-electron chi connectivity index (χ0n) is 16.4. The monoisotopic (exact) mass is 385 g/mol. The second-order valence-electron chi connectivity index (χ2n) is 7.80. The van der Waals surface area contributed by atoms with Crippen LogP contribution in [-0.2, 0) is 4.74 Å². The van der Waals surface area contributed by atoms with E-state index in [9.17, 15) is 9.18 Å². The topological polar surface area (TPSA) is 48.6 Å². The molecule has 150 valence electrons. The number of piperidine rings is 2. The summed E-state index contributed by atoms with van der Waals surface area (Å²) >= 11 is 0. The molecule has 1 N–H and O–H groups in total. The van der Waals surface area contributed by atoms with E-state index in [1.807, 2.05) is 17.2 Å². The number of nitrogens with one attached hydrogen (secondary N) is 1. The van der Waals surface area contributed by atoms with Crippen LogP contribution in [0.3, 0.4) is 0 Å². The van der Waals surface area contributed by atoms with Gasteiger partial charge < -0.3 is 19.5 Å². The smallest absolute Gasteiger partial charge is 0.270 e. The van der Waals surface area contributed by atoms with Crippen LogP contribution >= 0.6 is 0 Å². The Balaban J connectivity index is 1.32. The van der Waals surface area contributed by atoms with E-state index >= 15 is 0 Å². The molecule has 0 radical (unpaired) electrons. The Hall–Kier alpha value is -2.18. The number of carbonyl (C=O) groups is 1. The Kier molecular flexibility index (Phi) is 5.78. The van der Waals surface area contributed by atoms with Crippen LogP contribution in [0, 0.1) is 5.82 Å². The van der Waals surface area contributed by atoms with Gasteiger partial charge in [0.05, 0.1) is 6.10 Å². The number of ether oxygens (including phenoxy) is 1. The van der Waals surface area contributed by atoms with Crippen molar-refractivity contribution in [1.82, 2.24) is 14.8 Å². The first-order valence-corrected chi connectivity index (χ1v) is 10.1. The first kappa shape index (κ1) is 19.2. The Labute approximate surface area is 165 Å². The second-order valence-corrected chi connectivity index (χ2v) is 7.80. The van der Waals surface area contributed by atoms with Gasteiger partial charge in [-0.05, 0) is 55.0 Å². The highest BCUT2D eigenvalue weighted by atomic mass is 19.1. The van der Waals surface area contributed by atoms with Crippen LogP contribution in [0.5, 0.6) is 0 Å². The highest BCUT2D eigenvalue weighted by molar-refractivity contribution is 5.94. The molecule has 2 saturated heterocycles. The number of halogens is 1. The fourth-order valence-corrected chi connectivity index (χ4v) is 4.41. The van der Waals surface area contributed by atoms with Crippen LogP contribution < -0.4 is 0 Å². The maximum atomic E-state index is 13.1. The standard InChI is InChI=1S/C22H28FN3O2/c1-28-20-8-12-25(13-9-20)19-6-10-26(11-7-19)22(27)21-14-17(15-24-21)16-2-4-18(23)5-3-16/h2-5,14-15,19-20,24H,6-13H2,1H3. The van der Waals surface area contributed by atoms with Gasteiger partial charge in [-0.25, -0.2) is 4.39 Å². The van der Waals surface area contributed by atoms with Crippen LogP contribution in [0.15, 0.2) is 36.5 Å². The average Bonchev–Trinajstić information content (AvgIpc) is 3.24. The van der Waals surface area contributed by atoms with Gasteiger partial charge in [0.1, 0.15) is 11.5 Å². The largest absolute Gasteiger partial charge is 0.381 e. The van der Waals surface area contributed by atoms with Gasteiger partial charge >= 0.3 is 0 Å². The molecular formula is C22H28FN3O2. The molecule has 1 aromatic heterocycles. The lowest BCUT2D eigenvalue weighted by Gasteiger charge is -2.41. The molecule has 0 spiro atoms. The molecule has 0 atom stereocenters. The number of hydrogen-bond donors (Lipinski definition) is 1. The van der Waals surface area contributed by atoms with E-state index in [-0.39, 0.29) is 11.7 Å². The minimum atomic E-state index is -0.259. The van der Waals surface area contributed by atoms with Crippen molar-refractivity contribution < 1.29 is 13.9 Å². The summed E-state index contributed by atoms with van der Waals surface area (Å²) in [6, 6.07) is 8.75. The van der Waals surface area contributed by atoms with Crippen molar-refractivity contribution in [3.8, 4) is 11.1 Å². The molecule has 1 aromatic carbocycles. The van der Waals surface area contributed by atoms with Crippen molar-refractivity contribution in [1.29, 1.82) is 0 Å². The number of likely N-dealkylation sites (tertiary alicyclic amines) is 2. The van der Waals surface area contributed by atoms with Gasteiger partial charge in [0.25, 0.3) is 5.91 Å². The maximum absolute atomic E-state index is 13.1. The SMILES string of the molecule is COC1CCN(C2CCN(C(=O)c3cc(-c4ccc(F)cc4)c[nH]3)CC2)CC1. The minimum absolute atomic E-state index is 0.0462. The number of aromatic nitrogens is 1. The van der Waals surface area contributed by atoms with E-state index in [1.54, 1.807) is 19.2 Å². The summed E-state index contributed by atoms with van der Waals surface area (Å²) < 4.78 is 18.6. The minimum Gasteiger partial charge on any atom is -0.381 e. The van der Waals surface area contributed by atoms with Crippen molar-refractivity contribution in [2.45, 2.75) is 37.8 Å². The summed E-state index contributed by atoms with van der Waals surface area (Å²) in [5.74, 6) is -0.213.